The van der Waals surface area contributed by atoms with Crippen LogP contribution in [0.4, 0.5) is 0 Å². The van der Waals surface area contributed by atoms with E-state index in [0.717, 1.165) is 23.3 Å². The van der Waals surface area contributed by atoms with E-state index in [0.29, 0.717) is 5.92 Å². The molecule has 1 aromatic carbocycles. The first-order chi connectivity index (χ1) is 6.72. The minimum Gasteiger partial charge on any atom is -0.342 e. The minimum atomic E-state index is 0.516. The van der Waals surface area contributed by atoms with Crippen LogP contribution in [0.5, 0.6) is 0 Å². The van der Waals surface area contributed by atoms with Crippen LogP contribution in [-0.4, -0.2) is 9.97 Å². The van der Waals surface area contributed by atoms with Gasteiger partial charge in [0.15, 0.2) is 0 Å². The highest BCUT2D eigenvalue weighted by molar-refractivity contribution is 5.78. The van der Waals surface area contributed by atoms with Crippen molar-refractivity contribution in [2.24, 2.45) is 0 Å². The number of hydrogen-bond acceptors (Lipinski definition) is 1. The van der Waals surface area contributed by atoms with Crippen LogP contribution < -0.4 is 0 Å². The molecule has 1 N–H and O–H groups in total. The molecule has 74 valence electrons. The number of benzene rings is 1. The fraction of sp³-hybridized carbons (Fsp3) is 0.417. The number of H-pyrrole nitrogens is 1. The zero-order chi connectivity index (χ0) is 10.1. The van der Waals surface area contributed by atoms with Crippen LogP contribution in [0.2, 0.25) is 0 Å². The number of nitrogens with zero attached hydrogens (tertiary/aromatic N) is 1. The van der Waals surface area contributed by atoms with Crippen molar-refractivity contribution in [2.45, 2.75) is 33.1 Å². The third-order valence-electron chi connectivity index (χ3n) is 2.81. The second-order valence-electron chi connectivity index (χ2n) is 3.90. The van der Waals surface area contributed by atoms with Gasteiger partial charge in [0.2, 0.25) is 0 Å². The lowest BCUT2D eigenvalue weighted by Gasteiger charge is -2.01. The Labute approximate surface area is 84.4 Å². The summed E-state index contributed by atoms with van der Waals surface area (Å²) in [5, 5.41) is 0. The molecule has 0 amide bonds. The molecule has 0 aliphatic rings. The van der Waals surface area contributed by atoms with Gasteiger partial charge in [0, 0.05) is 5.92 Å². The number of fused-ring (bicyclic) bond motifs is 1. The van der Waals surface area contributed by atoms with Gasteiger partial charge in [-0.15, -0.1) is 0 Å². The summed E-state index contributed by atoms with van der Waals surface area (Å²) in [7, 11) is 0. The summed E-state index contributed by atoms with van der Waals surface area (Å²) in [6.07, 6.45) is 1.12. The second-order valence-corrected chi connectivity index (χ2v) is 3.90. The Balaban J connectivity index is 2.56. The average molecular weight is 188 g/mol. The van der Waals surface area contributed by atoms with Crippen LogP contribution in [0.15, 0.2) is 18.2 Å². The largest absolute Gasteiger partial charge is 0.342 e. The molecule has 14 heavy (non-hydrogen) atoms. The normalized spacial score (nSPS) is 13.4. The van der Waals surface area contributed by atoms with Crippen molar-refractivity contribution >= 4 is 11.0 Å². The summed E-state index contributed by atoms with van der Waals surface area (Å²) >= 11 is 0. The third kappa shape index (κ3) is 1.41. The average Bonchev–Trinajstić information content (AvgIpc) is 2.62. The predicted octanol–water partition coefficient (Wildman–Crippen LogP) is 3.38. The molecule has 0 fully saturated rings. The summed E-state index contributed by atoms with van der Waals surface area (Å²) in [5.41, 5.74) is 3.51. The first-order valence-electron chi connectivity index (χ1n) is 5.17. The molecule has 1 atom stereocenters. The maximum Gasteiger partial charge on any atom is 0.110 e. The van der Waals surface area contributed by atoms with Gasteiger partial charge in [0.05, 0.1) is 11.0 Å². The lowest BCUT2D eigenvalue weighted by atomic mass is 10.1. The van der Waals surface area contributed by atoms with Crippen LogP contribution >= 0.6 is 0 Å². The first-order valence-corrected chi connectivity index (χ1v) is 5.17. The van der Waals surface area contributed by atoms with E-state index in [-0.39, 0.29) is 0 Å². The molecule has 0 saturated carbocycles. The Morgan fingerprint density at radius 3 is 2.86 bits per heavy atom. The lowest BCUT2D eigenvalue weighted by molar-refractivity contribution is 0.692. The van der Waals surface area contributed by atoms with Gasteiger partial charge >= 0.3 is 0 Å². The van der Waals surface area contributed by atoms with Crippen molar-refractivity contribution in [2.75, 3.05) is 0 Å². The van der Waals surface area contributed by atoms with Crippen LogP contribution in [0, 0.1) is 6.92 Å². The summed E-state index contributed by atoms with van der Waals surface area (Å²) in [6.45, 7) is 6.49. The molecule has 1 unspecified atom stereocenters. The molecule has 2 nitrogen and oxygen atoms in total. The predicted molar refractivity (Wildman–Crippen MR) is 59.5 cm³/mol. The van der Waals surface area contributed by atoms with E-state index in [1.807, 2.05) is 0 Å². The fourth-order valence-electron chi connectivity index (χ4n) is 1.62. The van der Waals surface area contributed by atoms with E-state index in [9.17, 15) is 0 Å². The highest BCUT2D eigenvalue weighted by Gasteiger charge is 2.09. The lowest BCUT2D eigenvalue weighted by Crippen LogP contribution is -1.93. The molecule has 0 saturated heterocycles. The molecule has 2 rings (SSSR count). The molecule has 2 heteroatoms. The molecule has 0 aliphatic heterocycles. The summed E-state index contributed by atoms with van der Waals surface area (Å²) in [5.74, 6) is 1.62. The van der Waals surface area contributed by atoms with Crippen LogP contribution in [0.25, 0.3) is 11.0 Å². The van der Waals surface area contributed by atoms with E-state index in [1.54, 1.807) is 0 Å². The Bertz CT molecular complexity index is 443. The van der Waals surface area contributed by atoms with E-state index < -0.39 is 0 Å². The van der Waals surface area contributed by atoms with Gasteiger partial charge in [-0.1, -0.05) is 26.0 Å². The molecular weight excluding hydrogens is 172 g/mol. The van der Waals surface area contributed by atoms with Gasteiger partial charge in [0.25, 0.3) is 0 Å². The molecule has 0 bridgehead atoms. The Kier molecular flexibility index (Phi) is 2.28. The van der Waals surface area contributed by atoms with Crippen LogP contribution in [0.3, 0.4) is 0 Å². The van der Waals surface area contributed by atoms with Crippen LogP contribution in [-0.2, 0) is 0 Å². The molecule has 1 aromatic heterocycles. The number of aryl methyl sites for hydroxylation is 1. The minimum absolute atomic E-state index is 0.516. The molecular formula is C12H16N2. The van der Waals surface area contributed by atoms with Gasteiger partial charge in [0.1, 0.15) is 5.82 Å². The number of imidazole rings is 1. The van der Waals surface area contributed by atoms with E-state index in [2.05, 4.69) is 48.9 Å². The molecule has 2 aromatic rings. The zero-order valence-corrected chi connectivity index (χ0v) is 8.96. The molecule has 1 heterocycles. The fourth-order valence-corrected chi connectivity index (χ4v) is 1.62. The monoisotopic (exact) mass is 188 g/mol. The van der Waals surface area contributed by atoms with Gasteiger partial charge < -0.3 is 4.98 Å². The number of rotatable bonds is 2. The smallest absolute Gasteiger partial charge is 0.110 e. The highest BCUT2D eigenvalue weighted by atomic mass is 14.9. The van der Waals surface area contributed by atoms with Gasteiger partial charge in [-0.3, -0.25) is 0 Å². The van der Waals surface area contributed by atoms with E-state index in [1.165, 1.54) is 5.56 Å². The number of nitrogens with one attached hydrogen (secondary N) is 1. The SMILES string of the molecule is CCC(C)c1nc2c(C)cccc2[nH]1. The number of aromatic nitrogens is 2. The zero-order valence-electron chi connectivity index (χ0n) is 8.96. The number of hydrogen-bond donors (Lipinski definition) is 1. The quantitative estimate of drug-likeness (QED) is 0.769. The Morgan fingerprint density at radius 2 is 2.21 bits per heavy atom. The third-order valence-corrected chi connectivity index (χ3v) is 2.81. The van der Waals surface area contributed by atoms with Gasteiger partial charge in [-0.2, -0.15) is 0 Å². The summed E-state index contributed by atoms with van der Waals surface area (Å²) in [4.78, 5) is 8.00. The van der Waals surface area contributed by atoms with E-state index in [4.69, 9.17) is 0 Å². The van der Waals surface area contributed by atoms with Crippen molar-refractivity contribution in [1.82, 2.24) is 9.97 Å². The van der Waals surface area contributed by atoms with Crippen molar-refractivity contribution in [1.29, 1.82) is 0 Å². The van der Waals surface area contributed by atoms with Gasteiger partial charge in [-0.25, -0.2) is 4.98 Å². The van der Waals surface area contributed by atoms with Gasteiger partial charge in [-0.05, 0) is 25.0 Å². The summed E-state index contributed by atoms with van der Waals surface area (Å²) < 4.78 is 0. The Morgan fingerprint density at radius 1 is 1.43 bits per heavy atom. The van der Waals surface area contributed by atoms with E-state index >= 15 is 0 Å². The van der Waals surface area contributed by atoms with Crippen molar-refractivity contribution in [3.8, 4) is 0 Å². The topological polar surface area (TPSA) is 28.7 Å². The standard InChI is InChI=1S/C12H16N2/c1-4-8(2)12-13-10-7-5-6-9(3)11(10)14-12/h5-8H,4H2,1-3H3,(H,13,14). The Hall–Kier alpha value is -1.31. The molecule has 0 radical (unpaired) electrons. The van der Waals surface area contributed by atoms with Crippen molar-refractivity contribution in [3.05, 3.63) is 29.6 Å². The van der Waals surface area contributed by atoms with Crippen LogP contribution in [0.1, 0.15) is 37.6 Å². The maximum absolute atomic E-state index is 4.63. The molecule has 0 aliphatic carbocycles. The van der Waals surface area contributed by atoms with Crippen molar-refractivity contribution in [3.63, 3.8) is 0 Å². The summed E-state index contributed by atoms with van der Waals surface area (Å²) in [6, 6.07) is 6.25. The maximum atomic E-state index is 4.63. The highest BCUT2D eigenvalue weighted by Crippen LogP contribution is 2.21. The molecule has 0 spiro atoms. The first kappa shape index (κ1) is 9.25. The number of para-hydroxylation sites is 1. The van der Waals surface area contributed by atoms with Crippen molar-refractivity contribution < 1.29 is 0 Å². The number of aromatic amines is 1. The second kappa shape index (κ2) is 3.45.